The summed E-state index contributed by atoms with van der Waals surface area (Å²) < 4.78 is 25.3. The lowest BCUT2D eigenvalue weighted by atomic mass is 10.1. The number of nitrogens with zero attached hydrogens (tertiary/aromatic N) is 1. The van der Waals surface area contributed by atoms with Gasteiger partial charge >= 0.3 is 0 Å². The topological polar surface area (TPSA) is 67.9 Å². The number of fused-ring (bicyclic) bond motifs is 3. The first-order chi connectivity index (χ1) is 18.1. The summed E-state index contributed by atoms with van der Waals surface area (Å²) in [6.45, 7) is 0.518. The Morgan fingerprint density at radius 2 is 1.73 bits per heavy atom. The minimum absolute atomic E-state index is 0.0374. The van der Waals surface area contributed by atoms with Crippen LogP contribution in [0.4, 0.5) is 10.1 Å². The second kappa shape index (κ2) is 9.63. The fraction of sp³-hybridized carbons (Fsp3) is 0.103. The van der Waals surface area contributed by atoms with Crippen LogP contribution in [0.3, 0.4) is 0 Å². The van der Waals surface area contributed by atoms with Gasteiger partial charge in [-0.05, 0) is 54.1 Å². The standard InChI is InChI=1S/C29H21FN2O4S/c30-22-7-3-1-5-20(22)16-32-23-14-19(10-12-27(23)37-26-8-4-2-6-21(26)29(32)34)28(33)31-15-18-9-11-24-25(13-18)36-17-35-24/h1-14H,15-17H2,(H,31,33). The molecule has 1 N–H and O–H groups in total. The second-order valence-electron chi connectivity index (χ2n) is 8.63. The third-order valence-electron chi connectivity index (χ3n) is 6.27. The molecule has 0 unspecified atom stereocenters. The van der Waals surface area contributed by atoms with Crippen molar-refractivity contribution in [2.45, 2.75) is 22.9 Å². The minimum Gasteiger partial charge on any atom is -0.454 e. The summed E-state index contributed by atoms with van der Waals surface area (Å²) in [7, 11) is 0. The lowest BCUT2D eigenvalue weighted by Crippen LogP contribution is -2.31. The van der Waals surface area contributed by atoms with Gasteiger partial charge in [-0.1, -0.05) is 48.2 Å². The Hall–Kier alpha value is -4.30. The van der Waals surface area contributed by atoms with Gasteiger partial charge in [-0.25, -0.2) is 4.39 Å². The van der Waals surface area contributed by atoms with Gasteiger partial charge in [-0.15, -0.1) is 0 Å². The molecule has 0 radical (unpaired) electrons. The molecule has 6 rings (SSSR count). The van der Waals surface area contributed by atoms with Gasteiger partial charge in [0.25, 0.3) is 11.8 Å². The molecule has 0 saturated heterocycles. The molecular formula is C29H21FN2O4S. The van der Waals surface area contributed by atoms with E-state index in [1.165, 1.54) is 17.8 Å². The molecule has 0 saturated carbocycles. The molecular weight excluding hydrogens is 491 g/mol. The number of hydrogen-bond donors (Lipinski definition) is 1. The van der Waals surface area contributed by atoms with Crippen LogP contribution in [0.5, 0.6) is 11.5 Å². The Kier molecular flexibility index (Phi) is 6.02. The quantitative estimate of drug-likeness (QED) is 0.366. The largest absolute Gasteiger partial charge is 0.454 e. The molecule has 2 heterocycles. The smallest absolute Gasteiger partial charge is 0.259 e. The summed E-state index contributed by atoms with van der Waals surface area (Å²) >= 11 is 1.45. The maximum Gasteiger partial charge on any atom is 0.259 e. The molecule has 0 aromatic heterocycles. The zero-order valence-corrected chi connectivity index (χ0v) is 20.4. The third kappa shape index (κ3) is 4.51. The second-order valence-corrected chi connectivity index (χ2v) is 9.72. The summed E-state index contributed by atoms with van der Waals surface area (Å²) in [5, 5.41) is 2.93. The molecule has 0 bridgehead atoms. The molecule has 184 valence electrons. The van der Waals surface area contributed by atoms with Crippen molar-refractivity contribution in [3.8, 4) is 11.5 Å². The monoisotopic (exact) mass is 512 g/mol. The van der Waals surface area contributed by atoms with Crippen LogP contribution >= 0.6 is 11.8 Å². The molecule has 2 aliphatic heterocycles. The number of halogens is 1. The number of carbonyl (C=O) groups is 2. The van der Waals surface area contributed by atoms with E-state index in [9.17, 15) is 14.0 Å². The number of carbonyl (C=O) groups excluding carboxylic acids is 2. The Morgan fingerprint density at radius 3 is 2.62 bits per heavy atom. The number of ether oxygens (including phenoxy) is 2. The van der Waals surface area contributed by atoms with Gasteiger partial charge in [-0.3, -0.25) is 9.59 Å². The maximum absolute atomic E-state index is 14.6. The molecule has 0 spiro atoms. The predicted molar refractivity (Wildman–Crippen MR) is 138 cm³/mol. The number of nitrogens with one attached hydrogen (secondary N) is 1. The van der Waals surface area contributed by atoms with E-state index in [2.05, 4.69) is 5.32 Å². The van der Waals surface area contributed by atoms with E-state index in [1.54, 1.807) is 41.3 Å². The van der Waals surface area contributed by atoms with Gasteiger partial charge in [0.1, 0.15) is 5.82 Å². The van der Waals surface area contributed by atoms with Crippen molar-refractivity contribution in [3.63, 3.8) is 0 Å². The van der Waals surface area contributed by atoms with E-state index in [-0.39, 0.29) is 31.0 Å². The molecule has 0 aliphatic carbocycles. The van der Waals surface area contributed by atoms with E-state index in [4.69, 9.17) is 9.47 Å². The van der Waals surface area contributed by atoms with Gasteiger partial charge in [-0.2, -0.15) is 0 Å². The van der Waals surface area contributed by atoms with E-state index in [0.29, 0.717) is 40.4 Å². The van der Waals surface area contributed by atoms with Crippen molar-refractivity contribution in [2.75, 3.05) is 11.7 Å². The summed E-state index contributed by atoms with van der Waals surface area (Å²) in [6, 6.07) is 24.5. The van der Waals surface area contributed by atoms with Crippen LogP contribution in [-0.4, -0.2) is 18.6 Å². The van der Waals surface area contributed by atoms with E-state index < -0.39 is 0 Å². The molecule has 2 aliphatic rings. The maximum atomic E-state index is 14.6. The normalized spacial score (nSPS) is 13.5. The zero-order chi connectivity index (χ0) is 25.4. The first-order valence-electron chi connectivity index (χ1n) is 11.7. The molecule has 8 heteroatoms. The van der Waals surface area contributed by atoms with Gasteiger partial charge in [0, 0.05) is 27.5 Å². The number of amides is 2. The lowest BCUT2D eigenvalue weighted by Gasteiger charge is -2.24. The average molecular weight is 513 g/mol. The molecule has 4 aromatic carbocycles. The van der Waals surface area contributed by atoms with E-state index >= 15 is 0 Å². The fourth-order valence-corrected chi connectivity index (χ4v) is 5.41. The molecule has 37 heavy (non-hydrogen) atoms. The molecule has 0 atom stereocenters. The van der Waals surface area contributed by atoms with E-state index in [0.717, 1.165) is 15.4 Å². The van der Waals surface area contributed by atoms with Crippen LogP contribution in [0.1, 0.15) is 31.8 Å². The Balaban J connectivity index is 1.31. The highest BCUT2D eigenvalue weighted by atomic mass is 32.2. The minimum atomic E-state index is -0.389. The molecule has 4 aromatic rings. The van der Waals surface area contributed by atoms with Crippen molar-refractivity contribution in [1.29, 1.82) is 0 Å². The first kappa shape index (κ1) is 23.1. The highest BCUT2D eigenvalue weighted by Crippen LogP contribution is 2.42. The third-order valence-corrected chi connectivity index (χ3v) is 7.41. The van der Waals surface area contributed by atoms with Crippen LogP contribution in [-0.2, 0) is 13.1 Å². The van der Waals surface area contributed by atoms with Gasteiger partial charge in [0.05, 0.1) is 17.8 Å². The van der Waals surface area contributed by atoms with E-state index in [1.807, 2.05) is 42.5 Å². The molecule has 6 nitrogen and oxygen atoms in total. The SMILES string of the molecule is O=C(NCc1ccc2c(c1)OCO2)c1ccc2c(c1)N(Cc1ccccc1F)C(=O)c1ccccc1S2. The van der Waals surface area contributed by atoms with Crippen LogP contribution < -0.4 is 19.7 Å². The molecule has 0 fully saturated rings. The Bertz CT molecular complexity index is 1540. The predicted octanol–water partition coefficient (Wildman–Crippen LogP) is 5.80. The van der Waals surface area contributed by atoms with Gasteiger partial charge < -0.3 is 19.7 Å². The number of rotatable bonds is 5. The van der Waals surface area contributed by atoms with Crippen LogP contribution in [0.2, 0.25) is 0 Å². The van der Waals surface area contributed by atoms with Crippen molar-refractivity contribution < 1.29 is 23.5 Å². The van der Waals surface area contributed by atoms with Crippen molar-refractivity contribution >= 4 is 29.3 Å². The lowest BCUT2D eigenvalue weighted by molar-refractivity contribution is 0.0947. The molecule has 2 amide bonds. The van der Waals surface area contributed by atoms with Crippen molar-refractivity contribution in [1.82, 2.24) is 5.32 Å². The van der Waals surface area contributed by atoms with Crippen LogP contribution in [0.15, 0.2) is 94.7 Å². The zero-order valence-electron chi connectivity index (χ0n) is 19.6. The highest BCUT2D eigenvalue weighted by Gasteiger charge is 2.29. The fourth-order valence-electron chi connectivity index (χ4n) is 4.35. The Labute approximate surface area is 217 Å². The summed E-state index contributed by atoms with van der Waals surface area (Å²) in [4.78, 5) is 29.9. The van der Waals surface area contributed by atoms with Gasteiger partial charge in [0.15, 0.2) is 11.5 Å². The van der Waals surface area contributed by atoms with Crippen LogP contribution in [0, 0.1) is 5.82 Å². The average Bonchev–Trinajstić information content (AvgIpc) is 3.35. The summed E-state index contributed by atoms with van der Waals surface area (Å²) in [6.07, 6.45) is 0. The number of anilines is 1. The van der Waals surface area contributed by atoms with Gasteiger partial charge in [0.2, 0.25) is 6.79 Å². The summed E-state index contributed by atoms with van der Waals surface area (Å²) in [5.41, 5.74) is 2.76. The first-order valence-corrected chi connectivity index (χ1v) is 12.5. The number of hydrogen-bond acceptors (Lipinski definition) is 5. The van der Waals surface area contributed by atoms with Crippen LogP contribution in [0.25, 0.3) is 0 Å². The summed E-state index contributed by atoms with van der Waals surface area (Å²) in [5.74, 6) is 0.405. The Morgan fingerprint density at radius 1 is 0.919 bits per heavy atom. The van der Waals surface area contributed by atoms with Crippen molar-refractivity contribution in [2.24, 2.45) is 0 Å². The van der Waals surface area contributed by atoms with Crippen molar-refractivity contribution in [3.05, 3.63) is 113 Å². The number of benzene rings is 4. The highest BCUT2D eigenvalue weighted by molar-refractivity contribution is 7.99.